The Morgan fingerprint density at radius 3 is 2.75 bits per heavy atom. The third-order valence-corrected chi connectivity index (χ3v) is 2.60. The summed E-state index contributed by atoms with van der Waals surface area (Å²) in [6.45, 7) is 3.66. The fourth-order valence-electron chi connectivity index (χ4n) is 1.63. The molecule has 1 atom stereocenters. The van der Waals surface area contributed by atoms with E-state index in [1.165, 1.54) is 6.07 Å². The van der Waals surface area contributed by atoms with Gasteiger partial charge in [0.25, 0.3) is 0 Å². The fraction of sp³-hybridized carbons (Fsp3) is 0.538. The highest BCUT2D eigenvalue weighted by molar-refractivity contribution is 5.20. The molecule has 0 saturated heterocycles. The van der Waals surface area contributed by atoms with Gasteiger partial charge in [0.2, 0.25) is 0 Å². The van der Waals surface area contributed by atoms with E-state index in [0.29, 0.717) is 0 Å². The zero-order chi connectivity index (χ0) is 11.8. The Kier molecular flexibility index (Phi) is 6.04. The number of nitrogens with one attached hydrogen (secondary N) is 1. The summed E-state index contributed by atoms with van der Waals surface area (Å²) in [6, 6.07) is 6.95. The molecular formula is C13H20FNO. The van der Waals surface area contributed by atoms with Gasteiger partial charge >= 0.3 is 0 Å². The maximum Gasteiger partial charge on any atom is 0.127 e. The van der Waals surface area contributed by atoms with Crippen molar-refractivity contribution in [3.8, 4) is 0 Å². The summed E-state index contributed by atoms with van der Waals surface area (Å²) in [5.74, 6) is -0.139. The van der Waals surface area contributed by atoms with Crippen molar-refractivity contribution in [2.45, 2.75) is 25.8 Å². The average Bonchev–Trinajstić information content (AvgIpc) is 2.29. The van der Waals surface area contributed by atoms with Gasteiger partial charge in [-0.2, -0.15) is 0 Å². The van der Waals surface area contributed by atoms with E-state index in [2.05, 4.69) is 5.32 Å². The second-order valence-electron chi connectivity index (χ2n) is 3.90. The van der Waals surface area contributed by atoms with Crippen LogP contribution in [0.4, 0.5) is 4.39 Å². The molecule has 0 saturated carbocycles. The van der Waals surface area contributed by atoms with E-state index >= 15 is 0 Å². The standard InChI is InChI=1S/C13H20FNO/c1-11(15-9-5-6-10-16-2)12-7-3-4-8-13(12)14/h3-4,7-8,11,15H,5-6,9-10H2,1-2H3/t11-/m1/s1. The zero-order valence-corrected chi connectivity index (χ0v) is 10.0. The highest BCUT2D eigenvalue weighted by Crippen LogP contribution is 2.15. The lowest BCUT2D eigenvalue weighted by atomic mass is 10.1. The van der Waals surface area contributed by atoms with Crippen LogP contribution >= 0.6 is 0 Å². The van der Waals surface area contributed by atoms with Crippen LogP contribution in [0.2, 0.25) is 0 Å². The number of unbranched alkanes of at least 4 members (excludes halogenated alkanes) is 1. The smallest absolute Gasteiger partial charge is 0.127 e. The van der Waals surface area contributed by atoms with Gasteiger partial charge in [-0.3, -0.25) is 0 Å². The van der Waals surface area contributed by atoms with Gasteiger partial charge in [-0.25, -0.2) is 4.39 Å². The molecule has 1 aromatic carbocycles. The molecule has 0 bridgehead atoms. The van der Waals surface area contributed by atoms with Gasteiger partial charge in [-0.05, 0) is 32.4 Å². The molecule has 0 aliphatic rings. The van der Waals surface area contributed by atoms with Crippen LogP contribution in [-0.4, -0.2) is 20.3 Å². The Morgan fingerprint density at radius 2 is 2.06 bits per heavy atom. The number of hydrogen-bond donors (Lipinski definition) is 1. The monoisotopic (exact) mass is 225 g/mol. The number of ether oxygens (including phenoxy) is 1. The molecule has 90 valence electrons. The van der Waals surface area contributed by atoms with Crippen molar-refractivity contribution < 1.29 is 9.13 Å². The molecule has 0 radical (unpaired) electrons. The third kappa shape index (κ3) is 4.29. The molecule has 0 amide bonds. The molecule has 16 heavy (non-hydrogen) atoms. The predicted octanol–water partition coefficient (Wildman–Crippen LogP) is 2.90. The summed E-state index contributed by atoms with van der Waals surface area (Å²) in [5, 5.41) is 3.30. The molecule has 0 aromatic heterocycles. The number of benzene rings is 1. The molecule has 1 rings (SSSR count). The van der Waals surface area contributed by atoms with Gasteiger partial charge in [0, 0.05) is 25.3 Å². The highest BCUT2D eigenvalue weighted by Gasteiger charge is 2.08. The lowest BCUT2D eigenvalue weighted by Gasteiger charge is -2.14. The van der Waals surface area contributed by atoms with Crippen molar-refractivity contribution in [3.05, 3.63) is 35.6 Å². The summed E-state index contributed by atoms with van der Waals surface area (Å²) < 4.78 is 18.4. The van der Waals surface area contributed by atoms with Gasteiger partial charge in [-0.1, -0.05) is 18.2 Å². The van der Waals surface area contributed by atoms with Gasteiger partial charge < -0.3 is 10.1 Å². The normalized spacial score (nSPS) is 12.7. The minimum absolute atomic E-state index is 0.0590. The van der Waals surface area contributed by atoms with E-state index in [0.717, 1.165) is 31.6 Å². The molecule has 1 N–H and O–H groups in total. The van der Waals surface area contributed by atoms with E-state index in [4.69, 9.17) is 4.74 Å². The highest BCUT2D eigenvalue weighted by atomic mass is 19.1. The molecule has 1 aromatic rings. The molecule has 2 nitrogen and oxygen atoms in total. The Balaban J connectivity index is 2.30. The van der Waals surface area contributed by atoms with Gasteiger partial charge in [0.05, 0.1) is 0 Å². The van der Waals surface area contributed by atoms with E-state index < -0.39 is 0 Å². The van der Waals surface area contributed by atoms with Crippen molar-refractivity contribution in [1.29, 1.82) is 0 Å². The number of rotatable bonds is 7. The Hall–Kier alpha value is -0.930. The molecule has 3 heteroatoms. The first-order chi connectivity index (χ1) is 7.75. The van der Waals surface area contributed by atoms with E-state index in [-0.39, 0.29) is 11.9 Å². The molecular weight excluding hydrogens is 205 g/mol. The molecule has 0 unspecified atom stereocenters. The van der Waals surface area contributed by atoms with Crippen molar-refractivity contribution in [2.24, 2.45) is 0 Å². The van der Waals surface area contributed by atoms with Gasteiger partial charge in [-0.15, -0.1) is 0 Å². The minimum atomic E-state index is -0.139. The summed E-state index contributed by atoms with van der Waals surface area (Å²) in [4.78, 5) is 0. The quantitative estimate of drug-likeness (QED) is 0.720. The molecule has 0 spiro atoms. The van der Waals surface area contributed by atoms with Gasteiger partial charge in [0.15, 0.2) is 0 Å². The first-order valence-electron chi connectivity index (χ1n) is 5.72. The second-order valence-corrected chi connectivity index (χ2v) is 3.90. The van der Waals surface area contributed by atoms with Crippen molar-refractivity contribution in [2.75, 3.05) is 20.3 Å². The minimum Gasteiger partial charge on any atom is -0.385 e. The Labute approximate surface area is 96.8 Å². The fourth-order valence-corrected chi connectivity index (χ4v) is 1.63. The molecule has 0 aliphatic carbocycles. The van der Waals surface area contributed by atoms with Crippen LogP contribution in [0.25, 0.3) is 0 Å². The van der Waals surface area contributed by atoms with E-state index in [9.17, 15) is 4.39 Å². The first-order valence-corrected chi connectivity index (χ1v) is 5.72. The van der Waals surface area contributed by atoms with Crippen LogP contribution in [0.15, 0.2) is 24.3 Å². The second kappa shape index (κ2) is 7.36. The number of methoxy groups -OCH3 is 1. The Morgan fingerprint density at radius 1 is 1.31 bits per heavy atom. The lowest BCUT2D eigenvalue weighted by Crippen LogP contribution is -2.21. The van der Waals surface area contributed by atoms with Crippen LogP contribution in [0.5, 0.6) is 0 Å². The summed E-state index contributed by atoms with van der Waals surface area (Å²) in [6.07, 6.45) is 2.08. The first kappa shape index (κ1) is 13.1. The van der Waals surface area contributed by atoms with Crippen molar-refractivity contribution in [1.82, 2.24) is 5.32 Å². The summed E-state index contributed by atoms with van der Waals surface area (Å²) in [5.41, 5.74) is 0.731. The topological polar surface area (TPSA) is 21.3 Å². The zero-order valence-electron chi connectivity index (χ0n) is 10.0. The summed E-state index contributed by atoms with van der Waals surface area (Å²) in [7, 11) is 1.70. The van der Waals surface area contributed by atoms with Crippen molar-refractivity contribution in [3.63, 3.8) is 0 Å². The van der Waals surface area contributed by atoms with Crippen LogP contribution in [0.3, 0.4) is 0 Å². The Bertz CT molecular complexity index is 304. The molecule has 0 heterocycles. The van der Waals surface area contributed by atoms with Crippen LogP contribution in [0.1, 0.15) is 31.4 Å². The molecule has 0 fully saturated rings. The number of halogens is 1. The largest absolute Gasteiger partial charge is 0.385 e. The summed E-state index contributed by atoms with van der Waals surface area (Å²) >= 11 is 0. The van der Waals surface area contributed by atoms with Crippen LogP contribution in [-0.2, 0) is 4.74 Å². The maximum absolute atomic E-state index is 13.4. The van der Waals surface area contributed by atoms with Crippen LogP contribution < -0.4 is 5.32 Å². The average molecular weight is 225 g/mol. The number of hydrogen-bond acceptors (Lipinski definition) is 2. The SMILES string of the molecule is COCCCCN[C@H](C)c1ccccc1F. The lowest BCUT2D eigenvalue weighted by molar-refractivity contribution is 0.192. The van der Waals surface area contributed by atoms with Crippen molar-refractivity contribution >= 4 is 0 Å². The molecule has 0 aliphatic heterocycles. The van der Waals surface area contributed by atoms with E-state index in [1.807, 2.05) is 19.1 Å². The van der Waals surface area contributed by atoms with Gasteiger partial charge in [0.1, 0.15) is 5.82 Å². The maximum atomic E-state index is 13.4. The third-order valence-electron chi connectivity index (χ3n) is 2.60. The van der Waals surface area contributed by atoms with E-state index in [1.54, 1.807) is 13.2 Å². The van der Waals surface area contributed by atoms with Crippen LogP contribution in [0, 0.1) is 5.82 Å². The predicted molar refractivity (Wildman–Crippen MR) is 63.9 cm³/mol.